The number of hydrogen-bond acceptors (Lipinski definition) is 4. The number of piperidine rings is 1. The molecule has 4 rings (SSSR count). The summed E-state index contributed by atoms with van der Waals surface area (Å²) in [5, 5.41) is 0. The van der Waals surface area contributed by atoms with Crippen LogP contribution in [0.25, 0.3) is 11.0 Å². The van der Waals surface area contributed by atoms with E-state index in [0.29, 0.717) is 39.1 Å². The SMILES string of the molecule is CCOC(=O)C1CCCN(C(=O)CCn2c(Cc3ccc(F)cc3)nc3cc(C)c(C)cc32)C1. The van der Waals surface area contributed by atoms with Crippen molar-refractivity contribution < 1.29 is 18.7 Å². The third-order valence-electron chi connectivity index (χ3n) is 6.66. The number of carbonyl (C=O) groups is 2. The highest BCUT2D eigenvalue weighted by Gasteiger charge is 2.29. The number of benzene rings is 2. The molecular formula is C27H32FN3O3. The maximum Gasteiger partial charge on any atom is 0.310 e. The van der Waals surface area contributed by atoms with Crippen molar-refractivity contribution in [2.45, 2.75) is 53.0 Å². The topological polar surface area (TPSA) is 64.4 Å². The van der Waals surface area contributed by atoms with Crippen molar-refractivity contribution >= 4 is 22.9 Å². The molecule has 7 heteroatoms. The number of aryl methyl sites for hydroxylation is 3. The van der Waals surface area contributed by atoms with Gasteiger partial charge in [0.1, 0.15) is 11.6 Å². The number of ether oxygens (including phenoxy) is 1. The maximum absolute atomic E-state index is 13.4. The van der Waals surface area contributed by atoms with Crippen LogP contribution in [0.2, 0.25) is 0 Å². The van der Waals surface area contributed by atoms with E-state index in [4.69, 9.17) is 9.72 Å². The van der Waals surface area contributed by atoms with E-state index in [1.54, 1.807) is 24.0 Å². The Balaban J connectivity index is 1.54. The van der Waals surface area contributed by atoms with Crippen LogP contribution in [0.4, 0.5) is 4.39 Å². The van der Waals surface area contributed by atoms with E-state index >= 15 is 0 Å². The molecule has 34 heavy (non-hydrogen) atoms. The van der Waals surface area contributed by atoms with Crippen molar-refractivity contribution in [3.8, 4) is 0 Å². The van der Waals surface area contributed by atoms with Crippen LogP contribution in [0.15, 0.2) is 36.4 Å². The Kier molecular flexibility index (Phi) is 7.29. The average molecular weight is 466 g/mol. The van der Waals surface area contributed by atoms with E-state index in [0.717, 1.165) is 35.3 Å². The monoisotopic (exact) mass is 465 g/mol. The first-order valence-corrected chi connectivity index (χ1v) is 12.0. The summed E-state index contributed by atoms with van der Waals surface area (Å²) in [7, 11) is 0. The molecule has 1 saturated heterocycles. The van der Waals surface area contributed by atoms with E-state index < -0.39 is 0 Å². The number of nitrogens with zero attached hydrogens (tertiary/aromatic N) is 3. The Morgan fingerprint density at radius 1 is 1.15 bits per heavy atom. The largest absolute Gasteiger partial charge is 0.466 e. The van der Waals surface area contributed by atoms with Crippen molar-refractivity contribution in [2.24, 2.45) is 5.92 Å². The average Bonchev–Trinajstić information content (AvgIpc) is 3.15. The molecule has 0 saturated carbocycles. The zero-order chi connectivity index (χ0) is 24.2. The Morgan fingerprint density at radius 3 is 2.62 bits per heavy atom. The van der Waals surface area contributed by atoms with Gasteiger partial charge in [-0.25, -0.2) is 9.37 Å². The van der Waals surface area contributed by atoms with Gasteiger partial charge in [0.25, 0.3) is 0 Å². The molecule has 0 N–H and O–H groups in total. The summed E-state index contributed by atoms with van der Waals surface area (Å²) >= 11 is 0. The van der Waals surface area contributed by atoms with Gasteiger partial charge in [0.05, 0.1) is 23.6 Å². The molecule has 1 amide bonds. The predicted octanol–water partition coefficient (Wildman–Crippen LogP) is 4.57. The quantitative estimate of drug-likeness (QED) is 0.480. The number of hydrogen-bond donors (Lipinski definition) is 0. The second-order valence-electron chi connectivity index (χ2n) is 9.09. The Labute approximate surface area is 199 Å². The first-order valence-electron chi connectivity index (χ1n) is 12.0. The smallest absolute Gasteiger partial charge is 0.310 e. The molecule has 6 nitrogen and oxygen atoms in total. The first kappa shape index (κ1) is 23.9. The summed E-state index contributed by atoms with van der Waals surface area (Å²) < 4.78 is 20.6. The van der Waals surface area contributed by atoms with Gasteiger partial charge in [-0.1, -0.05) is 12.1 Å². The Morgan fingerprint density at radius 2 is 1.88 bits per heavy atom. The molecule has 1 atom stereocenters. The molecule has 1 aliphatic rings. The molecule has 1 fully saturated rings. The highest BCUT2D eigenvalue weighted by molar-refractivity contribution is 5.80. The van der Waals surface area contributed by atoms with Crippen LogP contribution in [0.3, 0.4) is 0 Å². The number of carbonyl (C=O) groups excluding carboxylic acids is 2. The fourth-order valence-electron chi connectivity index (χ4n) is 4.62. The molecule has 0 bridgehead atoms. The number of halogens is 1. The molecular weight excluding hydrogens is 433 g/mol. The maximum atomic E-state index is 13.4. The fourth-order valence-corrected chi connectivity index (χ4v) is 4.62. The standard InChI is InChI=1S/C27H32FN3O3/c1-4-34-27(33)21-6-5-12-30(17-21)26(32)11-13-31-24-15-19(3)18(2)14-23(24)29-25(31)16-20-7-9-22(28)10-8-20/h7-10,14-15,21H,4-6,11-13,16-17H2,1-3H3. The minimum atomic E-state index is -0.267. The lowest BCUT2D eigenvalue weighted by atomic mass is 9.98. The summed E-state index contributed by atoms with van der Waals surface area (Å²) in [4.78, 5) is 31.9. The van der Waals surface area contributed by atoms with Crippen LogP contribution in [-0.2, 0) is 27.3 Å². The number of esters is 1. The molecule has 180 valence electrons. The van der Waals surface area contributed by atoms with Gasteiger partial charge in [0.15, 0.2) is 0 Å². The minimum Gasteiger partial charge on any atom is -0.466 e. The molecule has 1 unspecified atom stereocenters. The predicted molar refractivity (Wildman–Crippen MR) is 129 cm³/mol. The molecule has 0 aliphatic carbocycles. The van der Waals surface area contributed by atoms with Crippen molar-refractivity contribution in [2.75, 3.05) is 19.7 Å². The highest BCUT2D eigenvalue weighted by atomic mass is 19.1. The summed E-state index contributed by atoms with van der Waals surface area (Å²) in [6.45, 7) is 7.87. The lowest BCUT2D eigenvalue weighted by molar-refractivity contribution is -0.151. The van der Waals surface area contributed by atoms with Gasteiger partial charge in [0.2, 0.25) is 5.91 Å². The molecule has 0 radical (unpaired) electrons. The third-order valence-corrected chi connectivity index (χ3v) is 6.66. The lowest BCUT2D eigenvalue weighted by Gasteiger charge is -2.31. The van der Waals surface area contributed by atoms with Gasteiger partial charge in [-0.3, -0.25) is 9.59 Å². The fraction of sp³-hybridized carbons (Fsp3) is 0.444. The molecule has 1 aliphatic heterocycles. The molecule has 2 heterocycles. The van der Waals surface area contributed by atoms with E-state index in [1.807, 2.05) is 0 Å². The van der Waals surface area contributed by atoms with Gasteiger partial charge < -0.3 is 14.2 Å². The number of fused-ring (bicyclic) bond motifs is 1. The summed E-state index contributed by atoms with van der Waals surface area (Å²) in [5.41, 5.74) is 5.19. The van der Waals surface area contributed by atoms with Crippen LogP contribution in [-0.4, -0.2) is 46.0 Å². The summed E-state index contributed by atoms with van der Waals surface area (Å²) in [5.74, 6) is 0.158. The Bertz CT molecular complexity index is 1190. The molecule has 3 aromatic rings. The van der Waals surface area contributed by atoms with Crippen LogP contribution in [0, 0.1) is 25.6 Å². The second-order valence-corrected chi connectivity index (χ2v) is 9.09. The van der Waals surface area contributed by atoms with Crippen molar-refractivity contribution in [3.63, 3.8) is 0 Å². The molecule has 0 spiro atoms. The van der Waals surface area contributed by atoms with E-state index in [1.165, 1.54) is 23.3 Å². The van der Waals surface area contributed by atoms with Crippen LogP contribution in [0.1, 0.15) is 48.7 Å². The normalized spacial score (nSPS) is 16.1. The van der Waals surface area contributed by atoms with Crippen molar-refractivity contribution in [1.82, 2.24) is 14.5 Å². The van der Waals surface area contributed by atoms with Gasteiger partial charge in [0, 0.05) is 32.5 Å². The van der Waals surface area contributed by atoms with E-state index in [9.17, 15) is 14.0 Å². The highest BCUT2D eigenvalue weighted by Crippen LogP contribution is 2.24. The van der Waals surface area contributed by atoms with Gasteiger partial charge >= 0.3 is 5.97 Å². The number of aromatic nitrogens is 2. The number of likely N-dealkylation sites (tertiary alicyclic amines) is 1. The van der Waals surface area contributed by atoms with Crippen LogP contribution < -0.4 is 0 Å². The second kappa shape index (κ2) is 10.4. The van der Waals surface area contributed by atoms with Crippen molar-refractivity contribution in [1.29, 1.82) is 0 Å². The van der Waals surface area contributed by atoms with Gasteiger partial charge in [-0.2, -0.15) is 0 Å². The molecule has 2 aromatic carbocycles. The summed E-state index contributed by atoms with van der Waals surface area (Å²) in [6, 6.07) is 10.6. The summed E-state index contributed by atoms with van der Waals surface area (Å²) in [6.07, 6.45) is 2.44. The molecule has 1 aromatic heterocycles. The number of rotatable bonds is 7. The number of imidazole rings is 1. The zero-order valence-corrected chi connectivity index (χ0v) is 20.1. The number of amides is 1. The third kappa shape index (κ3) is 5.29. The van der Waals surface area contributed by atoms with Crippen molar-refractivity contribution in [3.05, 3.63) is 64.7 Å². The van der Waals surface area contributed by atoms with Crippen LogP contribution >= 0.6 is 0 Å². The first-order chi connectivity index (χ1) is 16.4. The Hall–Kier alpha value is -3.22. The van der Waals surface area contributed by atoms with E-state index in [-0.39, 0.29) is 23.6 Å². The van der Waals surface area contributed by atoms with Gasteiger partial charge in [-0.15, -0.1) is 0 Å². The minimum absolute atomic E-state index is 0.0346. The van der Waals surface area contributed by atoms with E-state index in [2.05, 4.69) is 30.5 Å². The zero-order valence-electron chi connectivity index (χ0n) is 20.1. The van der Waals surface area contributed by atoms with Gasteiger partial charge in [-0.05, 0) is 74.6 Å². The lowest BCUT2D eigenvalue weighted by Crippen LogP contribution is -2.43. The van der Waals surface area contributed by atoms with Crippen LogP contribution in [0.5, 0.6) is 0 Å².